The van der Waals surface area contributed by atoms with E-state index in [0.717, 1.165) is 16.5 Å². The van der Waals surface area contributed by atoms with Crippen molar-refractivity contribution in [2.45, 2.75) is 12.5 Å². The lowest BCUT2D eigenvalue weighted by molar-refractivity contribution is 0.210. The molecule has 4 N–H and O–H groups in total. The summed E-state index contributed by atoms with van der Waals surface area (Å²) in [5.74, 6) is 0. The molecule has 0 bridgehead atoms. The molecule has 0 unspecified atom stereocenters. The van der Waals surface area contributed by atoms with Crippen molar-refractivity contribution in [3.63, 3.8) is 0 Å². The van der Waals surface area contributed by atoms with Crippen molar-refractivity contribution in [2.24, 2.45) is 5.73 Å². The second-order valence-corrected chi connectivity index (χ2v) is 3.86. The van der Waals surface area contributed by atoms with Crippen molar-refractivity contribution in [3.8, 4) is 0 Å². The van der Waals surface area contributed by atoms with E-state index in [1.54, 1.807) is 0 Å². The second kappa shape index (κ2) is 3.12. The number of fused-ring (bicyclic) bond motifs is 1. The third-order valence-electron chi connectivity index (χ3n) is 2.54. The highest BCUT2D eigenvalue weighted by Crippen LogP contribution is 2.21. The van der Waals surface area contributed by atoms with E-state index >= 15 is 0 Å². The summed E-state index contributed by atoms with van der Waals surface area (Å²) in [6.45, 7) is 1.77. The van der Waals surface area contributed by atoms with Crippen LogP contribution in [-0.4, -0.2) is 16.7 Å². The van der Waals surface area contributed by atoms with Crippen LogP contribution < -0.4 is 5.73 Å². The van der Waals surface area contributed by atoms with Crippen molar-refractivity contribution >= 4 is 10.9 Å². The van der Waals surface area contributed by atoms with E-state index in [-0.39, 0.29) is 6.61 Å². The SMILES string of the molecule is C[C@@](N)(CO)c1ccc2[nH]ccc2c1. The Labute approximate surface area is 82.6 Å². The van der Waals surface area contributed by atoms with Gasteiger partial charge in [-0.25, -0.2) is 0 Å². The molecule has 1 aromatic carbocycles. The van der Waals surface area contributed by atoms with Gasteiger partial charge in [-0.1, -0.05) is 6.07 Å². The largest absolute Gasteiger partial charge is 0.394 e. The Morgan fingerprint density at radius 1 is 1.43 bits per heavy atom. The first-order valence-electron chi connectivity index (χ1n) is 4.61. The first-order chi connectivity index (χ1) is 6.63. The number of aliphatic hydroxyl groups is 1. The fraction of sp³-hybridized carbons (Fsp3) is 0.273. The molecule has 0 saturated carbocycles. The average molecular weight is 190 g/mol. The van der Waals surface area contributed by atoms with Crippen LogP contribution in [0.15, 0.2) is 30.5 Å². The Bertz CT molecular complexity index is 445. The van der Waals surface area contributed by atoms with Gasteiger partial charge in [-0.05, 0) is 36.1 Å². The number of aromatic amines is 1. The molecule has 0 fully saturated rings. The number of nitrogens with two attached hydrogens (primary N) is 1. The van der Waals surface area contributed by atoms with Crippen LogP contribution in [0.25, 0.3) is 10.9 Å². The minimum atomic E-state index is -0.661. The smallest absolute Gasteiger partial charge is 0.0650 e. The van der Waals surface area contributed by atoms with Crippen LogP contribution in [0.5, 0.6) is 0 Å². The molecule has 0 aliphatic carbocycles. The van der Waals surface area contributed by atoms with E-state index in [1.165, 1.54) is 0 Å². The predicted octanol–water partition coefficient (Wildman–Crippen LogP) is 1.33. The van der Waals surface area contributed by atoms with E-state index in [1.807, 2.05) is 37.4 Å². The molecular formula is C11H14N2O. The van der Waals surface area contributed by atoms with E-state index in [2.05, 4.69) is 4.98 Å². The number of aromatic nitrogens is 1. The van der Waals surface area contributed by atoms with Crippen molar-refractivity contribution in [2.75, 3.05) is 6.61 Å². The van der Waals surface area contributed by atoms with Crippen LogP contribution in [0, 0.1) is 0 Å². The maximum absolute atomic E-state index is 9.14. The number of hydrogen-bond donors (Lipinski definition) is 3. The van der Waals surface area contributed by atoms with Crippen molar-refractivity contribution < 1.29 is 5.11 Å². The molecule has 1 atom stereocenters. The summed E-state index contributed by atoms with van der Waals surface area (Å²) in [6.07, 6.45) is 1.89. The van der Waals surface area contributed by atoms with Gasteiger partial charge in [0.05, 0.1) is 12.1 Å². The number of nitrogens with one attached hydrogen (secondary N) is 1. The maximum atomic E-state index is 9.14. The molecule has 1 heterocycles. The van der Waals surface area contributed by atoms with Crippen LogP contribution >= 0.6 is 0 Å². The number of aliphatic hydroxyl groups excluding tert-OH is 1. The predicted molar refractivity (Wildman–Crippen MR) is 56.9 cm³/mol. The minimum Gasteiger partial charge on any atom is -0.394 e. The Hall–Kier alpha value is -1.32. The molecule has 74 valence electrons. The number of benzene rings is 1. The Morgan fingerprint density at radius 3 is 2.93 bits per heavy atom. The second-order valence-electron chi connectivity index (χ2n) is 3.86. The highest BCUT2D eigenvalue weighted by atomic mass is 16.3. The topological polar surface area (TPSA) is 62.0 Å². The molecule has 0 amide bonds. The van der Waals surface area contributed by atoms with Gasteiger partial charge in [-0.15, -0.1) is 0 Å². The zero-order chi connectivity index (χ0) is 10.2. The maximum Gasteiger partial charge on any atom is 0.0650 e. The van der Waals surface area contributed by atoms with Crippen molar-refractivity contribution in [1.29, 1.82) is 0 Å². The van der Waals surface area contributed by atoms with E-state index in [9.17, 15) is 0 Å². The van der Waals surface area contributed by atoms with Gasteiger partial charge in [0.15, 0.2) is 0 Å². The standard InChI is InChI=1S/C11H14N2O/c1-11(12,7-14)9-2-3-10-8(6-9)4-5-13-10/h2-6,13-14H,7,12H2,1H3/t11-/m1/s1. The van der Waals surface area contributed by atoms with Crippen LogP contribution in [-0.2, 0) is 5.54 Å². The lowest BCUT2D eigenvalue weighted by atomic mass is 9.93. The first kappa shape index (κ1) is 9.24. The molecule has 14 heavy (non-hydrogen) atoms. The summed E-state index contributed by atoms with van der Waals surface area (Å²) in [7, 11) is 0. The van der Waals surface area contributed by atoms with Gasteiger partial charge in [-0.3, -0.25) is 0 Å². The Morgan fingerprint density at radius 2 is 2.21 bits per heavy atom. The lowest BCUT2D eigenvalue weighted by Gasteiger charge is -2.22. The monoisotopic (exact) mass is 190 g/mol. The van der Waals surface area contributed by atoms with Crippen LogP contribution in [0.4, 0.5) is 0 Å². The van der Waals surface area contributed by atoms with Gasteiger partial charge in [0.1, 0.15) is 0 Å². The quantitative estimate of drug-likeness (QED) is 0.669. The average Bonchev–Trinajstić information content (AvgIpc) is 2.64. The lowest BCUT2D eigenvalue weighted by Crippen LogP contribution is -2.36. The van der Waals surface area contributed by atoms with Gasteiger partial charge in [0.25, 0.3) is 0 Å². The summed E-state index contributed by atoms with van der Waals surface area (Å²) in [6, 6.07) is 7.91. The molecular weight excluding hydrogens is 176 g/mol. The normalized spacial score (nSPS) is 15.6. The van der Waals surface area contributed by atoms with Crippen molar-refractivity contribution in [3.05, 3.63) is 36.0 Å². The Kier molecular flexibility index (Phi) is 2.06. The van der Waals surface area contributed by atoms with Gasteiger partial charge < -0.3 is 15.8 Å². The molecule has 0 radical (unpaired) electrons. The highest BCUT2D eigenvalue weighted by Gasteiger charge is 2.19. The van der Waals surface area contributed by atoms with Gasteiger partial charge in [-0.2, -0.15) is 0 Å². The highest BCUT2D eigenvalue weighted by molar-refractivity contribution is 5.80. The first-order valence-corrected chi connectivity index (χ1v) is 4.61. The third kappa shape index (κ3) is 1.41. The molecule has 2 rings (SSSR count). The fourth-order valence-electron chi connectivity index (χ4n) is 1.50. The van der Waals surface area contributed by atoms with Crippen LogP contribution in [0.3, 0.4) is 0 Å². The molecule has 1 aromatic heterocycles. The number of rotatable bonds is 2. The van der Waals surface area contributed by atoms with Crippen LogP contribution in [0.2, 0.25) is 0 Å². The Balaban J connectivity index is 2.53. The number of H-pyrrole nitrogens is 1. The van der Waals surface area contributed by atoms with E-state index in [0.29, 0.717) is 0 Å². The summed E-state index contributed by atoms with van der Waals surface area (Å²) < 4.78 is 0. The molecule has 0 aliphatic heterocycles. The number of hydrogen-bond acceptors (Lipinski definition) is 2. The van der Waals surface area contributed by atoms with E-state index in [4.69, 9.17) is 10.8 Å². The van der Waals surface area contributed by atoms with E-state index < -0.39 is 5.54 Å². The van der Waals surface area contributed by atoms with Crippen LogP contribution in [0.1, 0.15) is 12.5 Å². The fourth-order valence-corrected chi connectivity index (χ4v) is 1.50. The summed E-state index contributed by atoms with van der Waals surface area (Å²) in [5.41, 5.74) is 7.31. The zero-order valence-electron chi connectivity index (χ0n) is 8.12. The molecule has 3 heteroatoms. The molecule has 2 aromatic rings. The van der Waals surface area contributed by atoms with Crippen molar-refractivity contribution in [1.82, 2.24) is 4.98 Å². The third-order valence-corrected chi connectivity index (χ3v) is 2.54. The molecule has 0 aliphatic rings. The zero-order valence-corrected chi connectivity index (χ0v) is 8.12. The molecule has 3 nitrogen and oxygen atoms in total. The molecule has 0 saturated heterocycles. The summed E-state index contributed by atoms with van der Waals surface area (Å²) in [4.78, 5) is 3.11. The molecule has 0 spiro atoms. The van der Waals surface area contributed by atoms with Gasteiger partial charge in [0.2, 0.25) is 0 Å². The summed E-state index contributed by atoms with van der Waals surface area (Å²) >= 11 is 0. The van der Waals surface area contributed by atoms with Gasteiger partial charge >= 0.3 is 0 Å². The summed E-state index contributed by atoms with van der Waals surface area (Å²) in [5, 5.41) is 10.3. The minimum absolute atomic E-state index is 0.0526. The van der Waals surface area contributed by atoms with Gasteiger partial charge in [0, 0.05) is 11.7 Å².